The molecule has 0 unspecified atom stereocenters. The second-order valence-corrected chi connectivity index (χ2v) is 4.86. The third kappa shape index (κ3) is 3.39. The highest BCUT2D eigenvalue weighted by atomic mass is 19.1. The van der Waals surface area contributed by atoms with Gasteiger partial charge in [-0.15, -0.1) is 0 Å². The minimum absolute atomic E-state index is 0.0245. The fourth-order valence-corrected chi connectivity index (χ4v) is 2.59. The maximum Gasteiger partial charge on any atom is 0.239 e. The zero-order valence-electron chi connectivity index (χ0n) is 10.3. The van der Waals surface area contributed by atoms with Crippen LogP contribution in [-0.2, 0) is 4.79 Å². The van der Waals surface area contributed by atoms with E-state index in [-0.39, 0.29) is 18.6 Å². The van der Waals surface area contributed by atoms with Gasteiger partial charge in [0, 0.05) is 32.7 Å². The van der Waals surface area contributed by atoms with E-state index in [9.17, 15) is 9.18 Å². The van der Waals surface area contributed by atoms with Crippen molar-refractivity contribution in [2.24, 2.45) is 0 Å². The number of nitrogens with zero attached hydrogens (tertiary/aromatic N) is 2. The molecule has 17 heavy (non-hydrogen) atoms. The average molecular weight is 243 g/mol. The Morgan fingerprint density at radius 1 is 1.24 bits per heavy atom. The molecule has 0 aliphatic carbocycles. The highest BCUT2D eigenvalue weighted by Crippen LogP contribution is 2.11. The topological polar surface area (TPSA) is 35.6 Å². The number of piperazine rings is 1. The van der Waals surface area contributed by atoms with Crippen LogP contribution >= 0.6 is 0 Å². The summed E-state index contributed by atoms with van der Waals surface area (Å²) in [5.74, 6) is 0.240. The van der Waals surface area contributed by atoms with Crippen LogP contribution in [0.15, 0.2) is 0 Å². The lowest BCUT2D eigenvalue weighted by molar-refractivity contribution is -0.135. The van der Waals surface area contributed by atoms with E-state index in [2.05, 4.69) is 10.2 Å². The van der Waals surface area contributed by atoms with Crippen molar-refractivity contribution in [2.75, 3.05) is 45.9 Å². The third-order valence-corrected chi connectivity index (χ3v) is 3.69. The lowest BCUT2D eigenvalue weighted by Gasteiger charge is -2.37. The number of hydrogen-bond acceptors (Lipinski definition) is 3. The number of carbonyl (C=O) groups excluding carboxylic acids is 1. The molecule has 1 atom stereocenters. The molecule has 2 saturated heterocycles. The van der Waals surface area contributed by atoms with E-state index in [4.69, 9.17) is 0 Å². The molecule has 2 aliphatic heterocycles. The van der Waals surface area contributed by atoms with Crippen molar-refractivity contribution < 1.29 is 9.18 Å². The summed E-state index contributed by atoms with van der Waals surface area (Å²) < 4.78 is 12.2. The Hall–Kier alpha value is -0.680. The van der Waals surface area contributed by atoms with Crippen molar-refractivity contribution in [2.45, 2.75) is 25.3 Å². The Labute approximate surface area is 102 Å². The SMILES string of the molecule is O=C([C@@H]1CCCCN1)N1CCN(CCF)CC1. The van der Waals surface area contributed by atoms with E-state index in [1.165, 1.54) is 6.42 Å². The number of halogens is 1. The van der Waals surface area contributed by atoms with Gasteiger partial charge in [-0.25, -0.2) is 4.39 Å². The van der Waals surface area contributed by atoms with E-state index < -0.39 is 0 Å². The van der Waals surface area contributed by atoms with Gasteiger partial charge in [-0.2, -0.15) is 0 Å². The highest BCUT2D eigenvalue weighted by molar-refractivity contribution is 5.82. The van der Waals surface area contributed by atoms with Gasteiger partial charge in [0.15, 0.2) is 0 Å². The Morgan fingerprint density at radius 2 is 2.00 bits per heavy atom. The summed E-state index contributed by atoms with van der Waals surface area (Å²) >= 11 is 0. The standard InChI is InChI=1S/C12H22FN3O/c13-4-6-15-7-9-16(10-8-15)12(17)11-3-1-2-5-14-11/h11,14H,1-10H2/t11-/m0/s1. The van der Waals surface area contributed by atoms with Gasteiger partial charge < -0.3 is 10.2 Å². The lowest BCUT2D eigenvalue weighted by Crippen LogP contribution is -2.55. The summed E-state index contributed by atoms with van der Waals surface area (Å²) in [5, 5.41) is 3.29. The van der Waals surface area contributed by atoms with Crippen LogP contribution in [0, 0.1) is 0 Å². The highest BCUT2D eigenvalue weighted by Gasteiger charge is 2.27. The largest absolute Gasteiger partial charge is 0.339 e. The summed E-state index contributed by atoms with van der Waals surface area (Å²) in [5.41, 5.74) is 0. The maximum atomic E-state index is 12.2. The van der Waals surface area contributed by atoms with Crippen LogP contribution in [0.4, 0.5) is 4.39 Å². The molecule has 5 heteroatoms. The van der Waals surface area contributed by atoms with Gasteiger partial charge in [0.2, 0.25) is 5.91 Å². The van der Waals surface area contributed by atoms with Gasteiger partial charge in [-0.1, -0.05) is 6.42 Å². The lowest BCUT2D eigenvalue weighted by atomic mass is 10.0. The number of piperidine rings is 1. The molecule has 2 heterocycles. The zero-order valence-corrected chi connectivity index (χ0v) is 10.3. The molecule has 2 fully saturated rings. The zero-order chi connectivity index (χ0) is 12.1. The number of carbonyl (C=O) groups is 1. The van der Waals surface area contributed by atoms with Crippen LogP contribution in [0.2, 0.25) is 0 Å². The fraction of sp³-hybridized carbons (Fsp3) is 0.917. The summed E-state index contributed by atoms with van der Waals surface area (Å²) in [7, 11) is 0. The van der Waals surface area contributed by atoms with Crippen LogP contribution in [0.3, 0.4) is 0 Å². The minimum Gasteiger partial charge on any atom is -0.339 e. The van der Waals surface area contributed by atoms with Crippen LogP contribution in [-0.4, -0.2) is 67.7 Å². The van der Waals surface area contributed by atoms with Gasteiger partial charge in [0.1, 0.15) is 6.67 Å². The molecule has 98 valence electrons. The Bertz CT molecular complexity index is 248. The second kappa shape index (κ2) is 6.31. The quantitative estimate of drug-likeness (QED) is 0.771. The van der Waals surface area contributed by atoms with Crippen molar-refractivity contribution >= 4 is 5.91 Å². The molecular formula is C12H22FN3O. The molecule has 2 aliphatic rings. The molecule has 0 bridgehead atoms. The van der Waals surface area contributed by atoms with Gasteiger partial charge in [-0.05, 0) is 19.4 Å². The first-order valence-corrected chi connectivity index (χ1v) is 6.62. The molecular weight excluding hydrogens is 221 g/mol. The van der Waals surface area contributed by atoms with E-state index in [1.807, 2.05) is 4.90 Å². The summed E-state index contributed by atoms with van der Waals surface area (Å²) in [6, 6.07) is 0.0245. The fourth-order valence-electron chi connectivity index (χ4n) is 2.59. The van der Waals surface area contributed by atoms with Crippen LogP contribution < -0.4 is 5.32 Å². The number of alkyl halides is 1. The third-order valence-electron chi connectivity index (χ3n) is 3.69. The van der Waals surface area contributed by atoms with Gasteiger partial charge >= 0.3 is 0 Å². The average Bonchev–Trinajstić information content (AvgIpc) is 2.40. The summed E-state index contributed by atoms with van der Waals surface area (Å²) in [6.45, 7) is 4.28. The van der Waals surface area contributed by atoms with Crippen molar-refractivity contribution in [3.05, 3.63) is 0 Å². The molecule has 0 aromatic heterocycles. The van der Waals surface area contributed by atoms with E-state index in [1.54, 1.807) is 0 Å². The first-order chi connectivity index (χ1) is 8.31. The van der Waals surface area contributed by atoms with Gasteiger partial charge in [0.25, 0.3) is 0 Å². The molecule has 0 spiro atoms. The van der Waals surface area contributed by atoms with E-state index in [0.29, 0.717) is 6.54 Å². The molecule has 0 aromatic carbocycles. The molecule has 0 saturated carbocycles. The molecule has 0 aromatic rings. The Kier molecular flexibility index (Phi) is 4.74. The first-order valence-electron chi connectivity index (χ1n) is 6.62. The smallest absolute Gasteiger partial charge is 0.239 e. The van der Waals surface area contributed by atoms with E-state index >= 15 is 0 Å². The second-order valence-electron chi connectivity index (χ2n) is 4.86. The molecule has 0 radical (unpaired) electrons. The number of nitrogens with one attached hydrogen (secondary N) is 1. The number of hydrogen-bond donors (Lipinski definition) is 1. The van der Waals surface area contributed by atoms with Gasteiger partial charge in [-0.3, -0.25) is 9.69 Å². The molecule has 1 amide bonds. The van der Waals surface area contributed by atoms with Gasteiger partial charge in [0.05, 0.1) is 6.04 Å². The Morgan fingerprint density at radius 3 is 2.59 bits per heavy atom. The minimum atomic E-state index is -0.294. The predicted molar refractivity (Wildman–Crippen MR) is 64.6 cm³/mol. The maximum absolute atomic E-state index is 12.2. The molecule has 2 rings (SSSR count). The van der Waals surface area contributed by atoms with Crippen LogP contribution in [0.1, 0.15) is 19.3 Å². The number of rotatable bonds is 3. The van der Waals surface area contributed by atoms with Crippen molar-refractivity contribution in [1.82, 2.24) is 15.1 Å². The van der Waals surface area contributed by atoms with Crippen molar-refractivity contribution in [1.29, 1.82) is 0 Å². The van der Waals surface area contributed by atoms with Crippen molar-refractivity contribution in [3.8, 4) is 0 Å². The first kappa shape index (κ1) is 12.8. The molecule has 1 N–H and O–H groups in total. The monoisotopic (exact) mass is 243 g/mol. The summed E-state index contributed by atoms with van der Waals surface area (Å²) in [6.07, 6.45) is 3.28. The van der Waals surface area contributed by atoms with Crippen LogP contribution in [0.25, 0.3) is 0 Å². The van der Waals surface area contributed by atoms with E-state index in [0.717, 1.165) is 45.6 Å². The summed E-state index contributed by atoms with van der Waals surface area (Å²) in [4.78, 5) is 16.2. The molecule has 4 nitrogen and oxygen atoms in total. The normalized spacial score (nSPS) is 27.1. The predicted octanol–water partition coefficient (Wildman–Crippen LogP) is 0.242. The number of amides is 1. The van der Waals surface area contributed by atoms with Crippen molar-refractivity contribution in [3.63, 3.8) is 0 Å². The Balaban J connectivity index is 1.77. The van der Waals surface area contributed by atoms with Crippen LogP contribution in [0.5, 0.6) is 0 Å².